The monoisotopic (exact) mass is 1990 g/mol. The molecule has 5 amide bonds. The summed E-state index contributed by atoms with van der Waals surface area (Å²) in [6, 6.07) is 46.5. The summed E-state index contributed by atoms with van der Waals surface area (Å²) < 4.78 is 0. The zero-order valence-electron chi connectivity index (χ0n) is 80.0. The second-order valence-electron chi connectivity index (χ2n) is 39.7. The largest absolute Gasteiger partial charge is 0.480 e. The van der Waals surface area contributed by atoms with Gasteiger partial charge in [-0.1, -0.05) is 184 Å². The summed E-state index contributed by atoms with van der Waals surface area (Å²) in [4.78, 5) is 119. The zero-order chi connectivity index (χ0) is 96.5. The van der Waals surface area contributed by atoms with Crippen molar-refractivity contribution in [3.05, 3.63) is 241 Å². The maximum Gasteiger partial charge on any atom is 0.326 e. The van der Waals surface area contributed by atoms with Gasteiger partial charge in [0.15, 0.2) is 15.5 Å². The van der Waals surface area contributed by atoms with Gasteiger partial charge in [-0.05, 0) is 288 Å². The van der Waals surface area contributed by atoms with Crippen molar-refractivity contribution in [3.8, 4) is 0 Å². The Labute approximate surface area is 833 Å². The van der Waals surface area contributed by atoms with Gasteiger partial charge in [0, 0.05) is 141 Å². The molecule has 134 heavy (non-hydrogen) atoms. The number of allylic oxidation sites excluding steroid dienone is 3. The number of benzene rings is 6. The molecule has 0 bridgehead atoms. The summed E-state index contributed by atoms with van der Waals surface area (Å²) in [5.41, 5.74) is 7.08. The van der Waals surface area contributed by atoms with Gasteiger partial charge < -0.3 is 60.3 Å². The molecule has 6 aromatic rings. The average molecular weight is 2000 g/mol. The predicted molar refractivity (Wildman–Crippen MR) is 548 cm³/mol. The molecule has 6 aromatic carbocycles. The van der Waals surface area contributed by atoms with E-state index in [1.165, 1.54) is 35.3 Å². The van der Waals surface area contributed by atoms with Crippen molar-refractivity contribution in [2.24, 2.45) is 32.7 Å². The van der Waals surface area contributed by atoms with Gasteiger partial charge in [-0.2, -0.15) is 0 Å². The van der Waals surface area contributed by atoms with Crippen LogP contribution in [0.2, 0.25) is 30.1 Å². The lowest BCUT2D eigenvalue weighted by Gasteiger charge is -2.44. The number of halogens is 6. The number of fused-ring (bicyclic) bond motifs is 3. The molecule has 12 heterocycles. The number of amides is 5. The van der Waals surface area contributed by atoms with Crippen LogP contribution < -0.4 is 16.0 Å². The summed E-state index contributed by atoms with van der Waals surface area (Å²) in [5, 5.41) is 26.3. The van der Waals surface area contributed by atoms with Gasteiger partial charge in [-0.3, -0.25) is 28.9 Å². The Kier molecular flexibility index (Phi) is 30.9. The summed E-state index contributed by atoms with van der Waals surface area (Å²) in [6.45, 7) is 43.1. The molecule has 0 unspecified atom stereocenters. The number of likely N-dealkylation sites (N-methyl/N-ethyl adjacent to an activating group) is 1. The van der Waals surface area contributed by atoms with Gasteiger partial charge in [0.1, 0.15) is 49.5 Å². The van der Waals surface area contributed by atoms with E-state index in [1.54, 1.807) is 4.90 Å². The first-order valence-electron chi connectivity index (χ1n) is 47.2. The molecule has 18 rings (SSSR count). The van der Waals surface area contributed by atoms with Crippen LogP contribution in [-0.4, -0.2) is 219 Å². The van der Waals surface area contributed by atoms with E-state index in [-0.39, 0.29) is 108 Å². The number of nitrogens with one attached hydrogen (secondary N) is 3. The Balaban J connectivity index is 0.000000147. The molecule has 716 valence electrons. The van der Waals surface area contributed by atoms with Crippen LogP contribution in [-0.2, 0) is 45.4 Å². The number of nitrogens with zero attached hydrogens (tertiary/aromatic N) is 12. The van der Waals surface area contributed by atoms with Crippen molar-refractivity contribution in [3.63, 3.8) is 0 Å². The van der Waals surface area contributed by atoms with E-state index in [4.69, 9.17) is 84.6 Å². The Morgan fingerprint density at radius 1 is 0.358 bits per heavy atom. The molecule has 12 aliphatic heterocycles. The maximum absolute atomic E-state index is 14.7. The predicted octanol–water partition coefficient (Wildman–Crippen LogP) is 20.6. The first-order chi connectivity index (χ1) is 63.5. The van der Waals surface area contributed by atoms with E-state index in [2.05, 4.69) is 185 Å². The van der Waals surface area contributed by atoms with Gasteiger partial charge in [-0.25, -0.2) is 19.8 Å². The number of piperazine rings is 3. The lowest BCUT2D eigenvalue weighted by atomic mass is 9.81. The number of hydrogen-bond acceptors (Lipinski definition) is 19. The number of thioether (sulfide) groups is 3. The standard InChI is InChI=1S/C35H43Cl2N5O2S.C34H41Cl2N5O2S.C28H29Cl2N3O3S.C6H14N2/c1-20(2)29-30(33(44)41-21(3)8-17-28(41)32(43)40-19-22(4)39(7)18-23(40)5)45-34-38-35(6,25-11-15-27(37)16-12-25)31(42(29)34)24-9-13-26(36)14-10-24;1-19(2)28-29(32(43)40-21(4)7-16-27(40)31(42)39-18-20(3)37-17-22(39)5)44-33-38-34(6,24-10-14-26(36)15-11-24)30(41(28)33)23-8-12-25(35)13-9-23;1-15(2)22-23(25(34)32-16(3)5-14-21(32)26(35)36)37-27-31-28(4,18-8-12-20(30)13-9-18)24(33(22)27)17-6-10-19(29)11-7-17;1-5-3-8-6(2)4-7-5/h9-16,20-23,28,31H,8,17-19H2,1-7H3;8-15,19-22,27,30,37H,7,16-18H2,1-6H3;6-13,15-16,21,24H,5,14H2,1-4H3,(H,35,36);5-8H,3-4H2,1-2H3/t21-,22-,23-,28+,31-,35+;20-,21-,22-,27+,30-,34+;16-,21+,24-,28+;5-,6-/m1111/s1. The average Bonchev–Trinajstić information content (AvgIpc) is 1.56. The Morgan fingerprint density at radius 3 is 0.925 bits per heavy atom. The number of carboxylic acids is 1. The van der Waals surface area contributed by atoms with Crippen molar-refractivity contribution in [1.29, 1.82) is 0 Å². The molecule has 22 nitrogen and oxygen atoms in total. The Morgan fingerprint density at radius 2 is 0.634 bits per heavy atom. The summed E-state index contributed by atoms with van der Waals surface area (Å²) in [7, 11) is 2.11. The quantitative estimate of drug-likeness (QED) is 0.0750. The van der Waals surface area contributed by atoms with Gasteiger partial charge in [0.25, 0.3) is 17.7 Å². The van der Waals surface area contributed by atoms with E-state index in [9.17, 15) is 33.9 Å². The second-order valence-corrected chi connectivity index (χ2v) is 45.3. The number of carboxylic acid groups (broad SMARTS) is 1. The van der Waals surface area contributed by atoms with Crippen LogP contribution in [0.5, 0.6) is 0 Å². The molecule has 6 saturated heterocycles. The number of amidine groups is 3. The van der Waals surface area contributed by atoms with E-state index in [0.717, 1.165) is 105 Å². The van der Waals surface area contributed by atoms with Crippen molar-refractivity contribution >= 4 is 156 Å². The molecule has 12 aliphatic rings. The molecule has 6 fully saturated rings. The van der Waals surface area contributed by atoms with Crippen molar-refractivity contribution in [1.82, 2.24) is 60.0 Å². The molecule has 0 aromatic heterocycles. The number of aliphatic carboxylic acids is 1. The smallest absolute Gasteiger partial charge is 0.326 e. The number of hydrogen-bond donors (Lipinski definition) is 4. The highest BCUT2D eigenvalue weighted by molar-refractivity contribution is 8.18. The normalized spacial score (nSPS) is 30.1. The molecule has 0 radical (unpaired) electrons. The highest BCUT2D eigenvalue weighted by atomic mass is 35.5. The number of carbonyl (C=O) groups excluding carboxylic acids is 5. The fourth-order valence-corrected chi connectivity index (χ4v) is 26.3. The number of rotatable bonds is 15. The lowest BCUT2D eigenvalue weighted by Crippen LogP contribution is -2.60. The fraction of sp³-hybridized carbons (Fsp3) is 0.505. The molecule has 0 aliphatic carbocycles. The molecule has 0 spiro atoms. The van der Waals surface area contributed by atoms with Crippen LogP contribution in [0, 0.1) is 17.8 Å². The third-order valence-electron chi connectivity index (χ3n) is 28.8. The minimum Gasteiger partial charge on any atom is -0.480 e. The highest BCUT2D eigenvalue weighted by Crippen LogP contribution is 2.61. The minimum absolute atomic E-state index is 0.00250. The maximum atomic E-state index is 14.7. The minimum atomic E-state index is -0.959. The number of aliphatic imine (C=N–C) groups is 3. The summed E-state index contributed by atoms with van der Waals surface area (Å²) >= 11 is 41.9. The Bertz CT molecular complexity index is 5600. The van der Waals surface area contributed by atoms with E-state index in [0.29, 0.717) is 95.7 Å². The van der Waals surface area contributed by atoms with Crippen LogP contribution in [0.4, 0.5) is 0 Å². The molecular formula is C103H127Cl6N15O7S3. The van der Waals surface area contributed by atoms with Gasteiger partial charge in [-0.15, -0.1) is 0 Å². The third kappa shape index (κ3) is 19.8. The number of carbonyl (C=O) groups is 6. The first kappa shape index (κ1) is 101. The topological polar surface area (TPSA) is 225 Å². The second kappa shape index (κ2) is 41.1. The lowest BCUT2D eigenvalue weighted by molar-refractivity contribution is -0.147. The third-order valence-corrected chi connectivity index (χ3v) is 33.5. The molecular weight excluding hydrogens is 1870 g/mol. The van der Waals surface area contributed by atoms with Crippen molar-refractivity contribution in [2.75, 3.05) is 46.3 Å². The summed E-state index contributed by atoms with van der Waals surface area (Å²) in [5.74, 6) is -1.12. The Hall–Kier alpha value is -7.60. The van der Waals surface area contributed by atoms with Crippen LogP contribution in [0.15, 0.2) is 192 Å². The van der Waals surface area contributed by atoms with Gasteiger partial charge in [0.2, 0.25) is 11.8 Å². The zero-order valence-corrected chi connectivity index (χ0v) is 87.0. The SMILES string of the molecule is CC(C)C1=C(C(=O)N2[C@H](C)CC[C@H]2C(=O)N2C[C@@H](C)N(C)C[C@H]2C)SC2=N[C@@](C)(c3ccc(Cl)cc3)[C@@H](c3ccc(Cl)cc3)N21.CC(C)C1=C(C(=O)N2[C@H](C)CC[C@H]2C(=O)N2C[C@@H](C)NC[C@H]2C)SC2=N[C@@](C)(c3ccc(Cl)cc3)[C@@H](c3ccc(Cl)cc3)N21.CC(C)C1=C(C(=O)N2[C@H](C)CC[C@H]2C(=O)O)SC2=N[C@@](C)(c3ccc(Cl)cc3)[C@@H](c3ccc(Cl)cc3)N21.C[C@@H]1CN[C@H](C)CN1. The van der Waals surface area contributed by atoms with Gasteiger partial charge in [0.05, 0.1) is 18.1 Å². The number of likely N-dealkylation sites (tertiary alicyclic amines) is 3. The van der Waals surface area contributed by atoms with Crippen LogP contribution in [0.25, 0.3) is 0 Å². The molecule has 0 saturated carbocycles. The van der Waals surface area contributed by atoms with Crippen LogP contribution in [0.1, 0.15) is 215 Å². The van der Waals surface area contributed by atoms with Crippen molar-refractivity contribution in [2.45, 2.75) is 270 Å². The van der Waals surface area contributed by atoms with E-state index in [1.807, 2.05) is 148 Å². The molecule has 18 atom stereocenters. The molecule has 4 N–H and O–H groups in total. The molecule has 31 heteroatoms. The van der Waals surface area contributed by atoms with E-state index >= 15 is 0 Å². The van der Waals surface area contributed by atoms with Crippen LogP contribution >= 0.6 is 105 Å². The van der Waals surface area contributed by atoms with Crippen LogP contribution in [0.3, 0.4) is 0 Å². The van der Waals surface area contributed by atoms with E-state index < -0.39 is 40.7 Å². The first-order valence-corrected chi connectivity index (χ1v) is 51.9. The highest BCUT2D eigenvalue weighted by Gasteiger charge is 2.59. The van der Waals surface area contributed by atoms with Gasteiger partial charge >= 0.3 is 5.97 Å². The fourth-order valence-electron chi connectivity index (χ4n) is 21.5. The summed E-state index contributed by atoms with van der Waals surface area (Å²) in [6.07, 6.45) is 4.11. The van der Waals surface area contributed by atoms with Crippen molar-refractivity contribution < 1.29 is 33.9 Å².